The predicted molar refractivity (Wildman–Crippen MR) is 61.6 cm³/mol. The first-order valence-corrected chi connectivity index (χ1v) is 6.86. The minimum absolute atomic E-state index is 0.335. The van der Waals surface area contributed by atoms with Crippen molar-refractivity contribution < 1.29 is 4.74 Å². The summed E-state index contributed by atoms with van der Waals surface area (Å²) < 4.78 is 5.77. The first kappa shape index (κ1) is 10.8. The van der Waals surface area contributed by atoms with Gasteiger partial charge in [0, 0.05) is 11.8 Å². The fourth-order valence-electron chi connectivity index (χ4n) is 2.11. The van der Waals surface area contributed by atoms with Gasteiger partial charge >= 0.3 is 0 Å². The highest BCUT2D eigenvalue weighted by Crippen LogP contribution is 2.29. The third kappa shape index (κ3) is 3.14. The lowest BCUT2D eigenvalue weighted by molar-refractivity contribution is -0.0281. The van der Waals surface area contributed by atoms with Crippen LogP contribution in [0, 0.1) is 5.92 Å². The SMILES string of the molecule is CC1CNC(CC2CCCCS2)OC1. The van der Waals surface area contributed by atoms with Gasteiger partial charge in [0.05, 0.1) is 6.61 Å². The summed E-state index contributed by atoms with van der Waals surface area (Å²) in [6.07, 6.45) is 5.76. The Hall–Kier alpha value is 0.270. The lowest BCUT2D eigenvalue weighted by Crippen LogP contribution is -2.44. The highest BCUT2D eigenvalue weighted by Gasteiger charge is 2.23. The van der Waals surface area contributed by atoms with Gasteiger partial charge in [0.2, 0.25) is 0 Å². The monoisotopic (exact) mass is 215 g/mol. The number of thioether (sulfide) groups is 1. The third-order valence-electron chi connectivity index (χ3n) is 3.03. The summed E-state index contributed by atoms with van der Waals surface area (Å²) in [7, 11) is 0. The summed E-state index contributed by atoms with van der Waals surface area (Å²) in [6, 6.07) is 0. The van der Waals surface area contributed by atoms with Crippen molar-refractivity contribution in [3.63, 3.8) is 0 Å². The second-order valence-corrected chi connectivity index (χ2v) is 5.97. The van der Waals surface area contributed by atoms with Crippen LogP contribution >= 0.6 is 11.8 Å². The Balaban J connectivity index is 1.68. The average Bonchev–Trinajstić information content (AvgIpc) is 2.23. The fourth-order valence-corrected chi connectivity index (χ4v) is 3.46. The van der Waals surface area contributed by atoms with E-state index in [-0.39, 0.29) is 0 Å². The maximum atomic E-state index is 5.77. The van der Waals surface area contributed by atoms with Crippen LogP contribution in [0.1, 0.15) is 32.6 Å². The topological polar surface area (TPSA) is 21.3 Å². The van der Waals surface area contributed by atoms with Crippen LogP contribution in [0.25, 0.3) is 0 Å². The second-order valence-electron chi connectivity index (χ2n) is 4.56. The van der Waals surface area contributed by atoms with E-state index in [4.69, 9.17) is 4.74 Å². The minimum Gasteiger partial charge on any atom is -0.363 e. The summed E-state index contributed by atoms with van der Waals surface area (Å²) in [5.74, 6) is 2.04. The van der Waals surface area contributed by atoms with E-state index in [1.54, 1.807) is 0 Å². The Morgan fingerprint density at radius 2 is 2.36 bits per heavy atom. The van der Waals surface area contributed by atoms with Crippen molar-refractivity contribution in [2.24, 2.45) is 5.92 Å². The van der Waals surface area contributed by atoms with E-state index in [1.807, 2.05) is 0 Å². The molecule has 3 atom stereocenters. The molecule has 14 heavy (non-hydrogen) atoms. The second kappa shape index (κ2) is 5.38. The number of rotatable bonds is 2. The molecule has 0 aliphatic carbocycles. The lowest BCUT2D eigenvalue weighted by Gasteiger charge is -2.32. The molecular formula is C11H21NOS. The van der Waals surface area contributed by atoms with Gasteiger partial charge in [-0.05, 0) is 30.9 Å². The van der Waals surface area contributed by atoms with Crippen LogP contribution in [-0.4, -0.2) is 30.4 Å². The standard InChI is InChI=1S/C11H21NOS/c1-9-7-12-11(13-8-9)6-10-4-2-3-5-14-10/h9-12H,2-8H2,1H3. The van der Waals surface area contributed by atoms with Gasteiger partial charge in [-0.1, -0.05) is 13.3 Å². The van der Waals surface area contributed by atoms with Gasteiger partial charge in [0.1, 0.15) is 6.23 Å². The number of ether oxygens (including phenoxy) is 1. The number of hydrogen-bond donors (Lipinski definition) is 1. The Kier molecular flexibility index (Phi) is 4.14. The molecule has 0 aromatic heterocycles. The summed E-state index contributed by atoms with van der Waals surface area (Å²) in [6.45, 7) is 4.30. The molecule has 82 valence electrons. The van der Waals surface area contributed by atoms with Crippen molar-refractivity contribution in [2.75, 3.05) is 18.9 Å². The van der Waals surface area contributed by atoms with E-state index >= 15 is 0 Å². The summed E-state index contributed by atoms with van der Waals surface area (Å²) in [4.78, 5) is 0. The Morgan fingerprint density at radius 1 is 1.43 bits per heavy atom. The predicted octanol–water partition coefficient (Wildman–Crippen LogP) is 2.24. The molecule has 3 unspecified atom stereocenters. The van der Waals surface area contributed by atoms with Gasteiger partial charge in [0.15, 0.2) is 0 Å². The molecule has 1 N–H and O–H groups in total. The van der Waals surface area contributed by atoms with Gasteiger partial charge in [0.25, 0.3) is 0 Å². The Labute approximate surface area is 91.2 Å². The van der Waals surface area contributed by atoms with Crippen LogP contribution in [0.2, 0.25) is 0 Å². The molecule has 2 rings (SSSR count). The van der Waals surface area contributed by atoms with Crippen LogP contribution in [0.3, 0.4) is 0 Å². The van der Waals surface area contributed by atoms with Gasteiger partial charge in [-0.3, -0.25) is 5.32 Å². The van der Waals surface area contributed by atoms with E-state index in [0.717, 1.165) is 18.4 Å². The van der Waals surface area contributed by atoms with Crippen LogP contribution in [0.15, 0.2) is 0 Å². The molecule has 2 saturated heterocycles. The van der Waals surface area contributed by atoms with Crippen molar-refractivity contribution in [2.45, 2.75) is 44.1 Å². The molecule has 2 nitrogen and oxygen atoms in total. The minimum atomic E-state index is 0.335. The number of hydrogen-bond acceptors (Lipinski definition) is 3. The Bertz CT molecular complexity index is 163. The maximum Gasteiger partial charge on any atom is 0.109 e. The highest BCUT2D eigenvalue weighted by molar-refractivity contribution is 7.99. The quantitative estimate of drug-likeness (QED) is 0.763. The fraction of sp³-hybridized carbons (Fsp3) is 1.00. The van der Waals surface area contributed by atoms with Crippen molar-refractivity contribution in [1.82, 2.24) is 5.32 Å². The summed E-state index contributed by atoms with van der Waals surface area (Å²) in [5, 5.41) is 4.32. The van der Waals surface area contributed by atoms with Crippen molar-refractivity contribution in [3.8, 4) is 0 Å². The van der Waals surface area contributed by atoms with Crippen molar-refractivity contribution in [3.05, 3.63) is 0 Å². The summed E-state index contributed by atoms with van der Waals surface area (Å²) >= 11 is 2.14. The molecule has 2 heterocycles. The van der Waals surface area contributed by atoms with Gasteiger partial charge in [-0.25, -0.2) is 0 Å². The zero-order chi connectivity index (χ0) is 9.80. The molecule has 0 bridgehead atoms. The van der Waals surface area contributed by atoms with Crippen LogP contribution in [0.4, 0.5) is 0 Å². The normalized spacial score (nSPS) is 39.6. The van der Waals surface area contributed by atoms with Crippen LogP contribution < -0.4 is 5.32 Å². The molecule has 0 saturated carbocycles. The first-order valence-electron chi connectivity index (χ1n) is 5.81. The Morgan fingerprint density at radius 3 is 3.00 bits per heavy atom. The lowest BCUT2D eigenvalue weighted by atomic mass is 10.1. The van der Waals surface area contributed by atoms with Crippen LogP contribution in [-0.2, 0) is 4.74 Å². The molecule has 2 fully saturated rings. The smallest absolute Gasteiger partial charge is 0.109 e. The van der Waals surface area contributed by atoms with Crippen molar-refractivity contribution in [1.29, 1.82) is 0 Å². The zero-order valence-electron chi connectivity index (χ0n) is 9.00. The maximum absolute atomic E-state index is 5.77. The molecule has 3 heteroatoms. The molecule has 0 amide bonds. The van der Waals surface area contributed by atoms with Gasteiger partial charge in [-0.2, -0.15) is 11.8 Å². The molecular weight excluding hydrogens is 194 g/mol. The van der Waals surface area contributed by atoms with E-state index in [0.29, 0.717) is 12.1 Å². The summed E-state index contributed by atoms with van der Waals surface area (Å²) in [5.41, 5.74) is 0. The van der Waals surface area contributed by atoms with E-state index in [2.05, 4.69) is 24.0 Å². The molecule has 0 radical (unpaired) electrons. The van der Waals surface area contributed by atoms with Gasteiger partial charge in [-0.15, -0.1) is 0 Å². The molecule has 0 spiro atoms. The molecule has 2 aliphatic rings. The largest absolute Gasteiger partial charge is 0.363 e. The molecule has 2 aliphatic heterocycles. The molecule has 0 aromatic rings. The highest BCUT2D eigenvalue weighted by atomic mass is 32.2. The van der Waals surface area contributed by atoms with Crippen LogP contribution in [0.5, 0.6) is 0 Å². The van der Waals surface area contributed by atoms with Gasteiger partial charge < -0.3 is 4.74 Å². The number of nitrogens with one attached hydrogen (secondary N) is 1. The van der Waals surface area contributed by atoms with Crippen molar-refractivity contribution >= 4 is 11.8 Å². The third-order valence-corrected chi connectivity index (χ3v) is 4.45. The van der Waals surface area contributed by atoms with E-state index < -0.39 is 0 Å². The van der Waals surface area contributed by atoms with E-state index in [1.165, 1.54) is 31.4 Å². The average molecular weight is 215 g/mol. The van der Waals surface area contributed by atoms with E-state index in [9.17, 15) is 0 Å². The zero-order valence-corrected chi connectivity index (χ0v) is 9.81. The first-order chi connectivity index (χ1) is 6.84. The molecule has 0 aromatic carbocycles.